The number of carbonyl (C=O) groups is 2. The average Bonchev–Trinajstić information content (AvgIpc) is 2.83. The molecule has 1 saturated carbocycles. The molecule has 2 N–H and O–H groups in total. The van der Waals surface area contributed by atoms with E-state index < -0.39 is 5.97 Å². The fourth-order valence-electron chi connectivity index (χ4n) is 2.35. The van der Waals surface area contributed by atoms with Gasteiger partial charge in [0.05, 0.1) is 5.92 Å². The van der Waals surface area contributed by atoms with Gasteiger partial charge in [0.15, 0.2) is 0 Å². The van der Waals surface area contributed by atoms with Gasteiger partial charge in [-0.25, -0.2) is 0 Å². The predicted octanol–water partition coefficient (Wildman–Crippen LogP) is 2.14. The van der Waals surface area contributed by atoms with E-state index >= 15 is 0 Å². The summed E-state index contributed by atoms with van der Waals surface area (Å²) in [6.07, 6.45) is 7.32. The fourth-order valence-corrected chi connectivity index (χ4v) is 2.84. The van der Waals surface area contributed by atoms with E-state index in [1.54, 1.807) is 0 Å². The minimum Gasteiger partial charge on any atom is -0.481 e. The second-order valence-corrected chi connectivity index (χ2v) is 5.88. The van der Waals surface area contributed by atoms with Crippen LogP contribution >= 0.6 is 11.8 Å². The van der Waals surface area contributed by atoms with Gasteiger partial charge in [-0.1, -0.05) is 6.42 Å². The maximum atomic E-state index is 11.8. The van der Waals surface area contributed by atoms with Crippen LogP contribution in [-0.2, 0) is 9.59 Å². The van der Waals surface area contributed by atoms with E-state index in [0.717, 1.165) is 25.8 Å². The van der Waals surface area contributed by atoms with Crippen molar-refractivity contribution in [1.29, 1.82) is 0 Å². The molecule has 4 nitrogen and oxygen atoms in total. The third kappa shape index (κ3) is 5.29. The maximum Gasteiger partial charge on any atom is 0.306 e. The van der Waals surface area contributed by atoms with Crippen LogP contribution in [0.25, 0.3) is 0 Å². The van der Waals surface area contributed by atoms with Crippen molar-refractivity contribution < 1.29 is 14.7 Å². The number of hydrogen-bond acceptors (Lipinski definition) is 3. The number of thioether (sulfide) groups is 1. The lowest BCUT2D eigenvalue weighted by molar-refractivity contribution is -0.141. The molecule has 5 heteroatoms. The number of aliphatic carboxylic acids is 1. The van der Waals surface area contributed by atoms with E-state index in [2.05, 4.69) is 11.6 Å². The molecule has 0 aliphatic heterocycles. The molecule has 0 aromatic heterocycles. The van der Waals surface area contributed by atoms with Gasteiger partial charge in [-0.2, -0.15) is 11.8 Å². The Hall–Kier alpha value is -0.710. The Balaban J connectivity index is 2.09. The van der Waals surface area contributed by atoms with Crippen LogP contribution in [0.15, 0.2) is 0 Å². The molecule has 1 amide bonds. The lowest BCUT2D eigenvalue weighted by atomic mass is 10.0. The Kier molecular flexibility index (Phi) is 7.16. The topological polar surface area (TPSA) is 66.4 Å². The summed E-state index contributed by atoms with van der Waals surface area (Å²) in [5, 5.41) is 11.8. The first-order valence-electron chi connectivity index (χ1n) is 6.64. The molecular weight excluding hydrogens is 250 g/mol. The van der Waals surface area contributed by atoms with Crippen molar-refractivity contribution in [3.05, 3.63) is 0 Å². The summed E-state index contributed by atoms with van der Waals surface area (Å²) in [5.74, 6) is 0.0576. The van der Waals surface area contributed by atoms with E-state index in [-0.39, 0.29) is 17.7 Å². The molecule has 1 rings (SSSR count). The fraction of sp³-hybridized carbons (Fsp3) is 0.846. The molecule has 104 valence electrons. The number of carboxylic acid groups (broad SMARTS) is 1. The van der Waals surface area contributed by atoms with Gasteiger partial charge in [0.2, 0.25) is 5.91 Å². The summed E-state index contributed by atoms with van der Waals surface area (Å²) < 4.78 is 0. The van der Waals surface area contributed by atoms with Gasteiger partial charge < -0.3 is 10.4 Å². The highest BCUT2D eigenvalue weighted by molar-refractivity contribution is 7.98. The Bertz CT molecular complexity index is 283. The number of carboxylic acids is 1. The van der Waals surface area contributed by atoms with E-state index in [0.29, 0.717) is 12.8 Å². The molecule has 1 aliphatic rings. The van der Waals surface area contributed by atoms with Crippen molar-refractivity contribution in [2.45, 2.75) is 38.5 Å². The molecule has 0 bridgehead atoms. The molecule has 0 radical (unpaired) electrons. The van der Waals surface area contributed by atoms with Gasteiger partial charge in [-0.15, -0.1) is 0 Å². The summed E-state index contributed by atoms with van der Waals surface area (Å²) in [6, 6.07) is 0. The van der Waals surface area contributed by atoms with Gasteiger partial charge in [-0.3, -0.25) is 9.59 Å². The standard InChI is InChI=1S/C13H23NO3S/c1-18-8-4-2-3-7-14-12(15)10-5-6-11(9-10)13(16)17/h10-11H,2-9H2,1H3,(H,14,15)(H,16,17). The predicted molar refractivity (Wildman–Crippen MR) is 73.7 cm³/mol. The van der Waals surface area contributed by atoms with Gasteiger partial charge in [0.25, 0.3) is 0 Å². The lowest BCUT2D eigenvalue weighted by Crippen LogP contribution is -2.30. The van der Waals surface area contributed by atoms with Crippen LogP contribution in [0.3, 0.4) is 0 Å². The Morgan fingerprint density at radius 3 is 2.56 bits per heavy atom. The Labute approximate surface area is 113 Å². The maximum absolute atomic E-state index is 11.8. The second kappa shape index (κ2) is 8.40. The summed E-state index contributed by atoms with van der Waals surface area (Å²) in [7, 11) is 0. The zero-order chi connectivity index (χ0) is 13.4. The highest BCUT2D eigenvalue weighted by Crippen LogP contribution is 2.31. The average molecular weight is 273 g/mol. The summed E-state index contributed by atoms with van der Waals surface area (Å²) in [4.78, 5) is 22.6. The largest absolute Gasteiger partial charge is 0.481 e. The molecule has 0 aromatic carbocycles. The molecule has 18 heavy (non-hydrogen) atoms. The van der Waals surface area contributed by atoms with Crippen molar-refractivity contribution in [2.24, 2.45) is 11.8 Å². The highest BCUT2D eigenvalue weighted by atomic mass is 32.2. The molecule has 0 aromatic rings. The van der Waals surface area contributed by atoms with E-state index in [1.807, 2.05) is 11.8 Å². The molecular formula is C13H23NO3S. The van der Waals surface area contributed by atoms with E-state index in [9.17, 15) is 9.59 Å². The first kappa shape index (κ1) is 15.3. The van der Waals surface area contributed by atoms with Crippen LogP contribution in [0, 0.1) is 11.8 Å². The van der Waals surface area contributed by atoms with Crippen molar-refractivity contribution in [3.8, 4) is 0 Å². The number of nitrogens with one attached hydrogen (secondary N) is 1. The van der Waals surface area contributed by atoms with Crippen LogP contribution in [0.5, 0.6) is 0 Å². The van der Waals surface area contributed by atoms with E-state index in [4.69, 9.17) is 5.11 Å². The molecule has 2 atom stereocenters. The zero-order valence-electron chi connectivity index (χ0n) is 11.0. The van der Waals surface area contributed by atoms with Crippen LogP contribution < -0.4 is 5.32 Å². The normalized spacial score (nSPS) is 22.9. The lowest BCUT2D eigenvalue weighted by Gasteiger charge is -2.10. The number of unbranched alkanes of at least 4 members (excludes halogenated alkanes) is 2. The van der Waals surface area contributed by atoms with Crippen LogP contribution in [-0.4, -0.2) is 35.5 Å². The van der Waals surface area contributed by atoms with Gasteiger partial charge in [-0.05, 0) is 44.1 Å². The molecule has 2 unspecified atom stereocenters. The molecule has 0 heterocycles. The van der Waals surface area contributed by atoms with Gasteiger partial charge in [0.1, 0.15) is 0 Å². The Morgan fingerprint density at radius 1 is 1.22 bits per heavy atom. The minimum absolute atomic E-state index is 0.0450. The third-order valence-electron chi connectivity index (χ3n) is 3.48. The molecule has 0 spiro atoms. The second-order valence-electron chi connectivity index (χ2n) is 4.89. The zero-order valence-corrected chi connectivity index (χ0v) is 11.8. The monoisotopic (exact) mass is 273 g/mol. The van der Waals surface area contributed by atoms with Gasteiger partial charge >= 0.3 is 5.97 Å². The summed E-state index contributed by atoms with van der Waals surface area (Å²) in [5.41, 5.74) is 0. The number of rotatable bonds is 8. The number of hydrogen-bond donors (Lipinski definition) is 2. The Morgan fingerprint density at radius 2 is 1.94 bits per heavy atom. The number of carbonyl (C=O) groups excluding carboxylic acids is 1. The van der Waals surface area contributed by atoms with Crippen LogP contribution in [0.4, 0.5) is 0 Å². The van der Waals surface area contributed by atoms with Crippen molar-refractivity contribution in [2.75, 3.05) is 18.6 Å². The van der Waals surface area contributed by atoms with E-state index in [1.165, 1.54) is 12.2 Å². The summed E-state index contributed by atoms with van der Waals surface area (Å²) >= 11 is 1.85. The quantitative estimate of drug-likeness (QED) is 0.665. The van der Waals surface area contributed by atoms with Gasteiger partial charge in [0, 0.05) is 12.5 Å². The number of amides is 1. The third-order valence-corrected chi connectivity index (χ3v) is 4.17. The van der Waals surface area contributed by atoms with Crippen LogP contribution in [0.2, 0.25) is 0 Å². The molecule has 1 fully saturated rings. The van der Waals surface area contributed by atoms with Crippen molar-refractivity contribution in [3.63, 3.8) is 0 Å². The SMILES string of the molecule is CSCCCCCNC(=O)C1CCC(C(=O)O)C1. The van der Waals surface area contributed by atoms with Crippen molar-refractivity contribution >= 4 is 23.6 Å². The summed E-state index contributed by atoms with van der Waals surface area (Å²) in [6.45, 7) is 0.724. The van der Waals surface area contributed by atoms with Crippen LogP contribution in [0.1, 0.15) is 38.5 Å². The first-order chi connectivity index (χ1) is 8.65. The molecule has 1 aliphatic carbocycles. The first-order valence-corrected chi connectivity index (χ1v) is 8.04. The smallest absolute Gasteiger partial charge is 0.306 e. The minimum atomic E-state index is -0.762. The van der Waals surface area contributed by atoms with Crippen molar-refractivity contribution in [1.82, 2.24) is 5.32 Å². The molecule has 0 saturated heterocycles. The highest BCUT2D eigenvalue weighted by Gasteiger charge is 2.33.